The Morgan fingerprint density at radius 2 is 1.89 bits per heavy atom. The van der Waals surface area contributed by atoms with Gasteiger partial charge >= 0.3 is 5.97 Å². The van der Waals surface area contributed by atoms with Crippen LogP contribution in [0.4, 0.5) is 0 Å². The zero-order valence-electron chi connectivity index (χ0n) is 15.4. The van der Waals surface area contributed by atoms with E-state index in [0.717, 1.165) is 34.0 Å². The fourth-order valence-electron chi connectivity index (χ4n) is 3.22. The van der Waals surface area contributed by atoms with Gasteiger partial charge in [0.15, 0.2) is 11.0 Å². The van der Waals surface area contributed by atoms with Crippen LogP contribution in [0.3, 0.4) is 0 Å². The van der Waals surface area contributed by atoms with Crippen molar-refractivity contribution in [2.45, 2.75) is 42.8 Å². The van der Waals surface area contributed by atoms with Crippen LogP contribution >= 0.6 is 27.7 Å². The molecule has 0 N–H and O–H groups in total. The number of ether oxygens (including phenoxy) is 1. The molecule has 0 amide bonds. The molecule has 0 bridgehead atoms. The van der Waals surface area contributed by atoms with Crippen LogP contribution in [0.5, 0.6) is 0 Å². The van der Waals surface area contributed by atoms with Gasteiger partial charge in [0.05, 0.1) is 0 Å². The van der Waals surface area contributed by atoms with Crippen LogP contribution < -0.4 is 0 Å². The Balaban J connectivity index is 1.63. The Morgan fingerprint density at radius 3 is 2.57 bits per heavy atom. The van der Waals surface area contributed by atoms with Crippen LogP contribution in [0.2, 0.25) is 0 Å². The van der Waals surface area contributed by atoms with Crippen molar-refractivity contribution in [2.75, 3.05) is 0 Å². The topological polar surface area (TPSA) is 57.0 Å². The molecule has 1 aromatic heterocycles. The van der Waals surface area contributed by atoms with Gasteiger partial charge in [0.1, 0.15) is 11.4 Å². The number of aromatic nitrogens is 3. The zero-order valence-corrected chi connectivity index (χ0v) is 17.8. The van der Waals surface area contributed by atoms with E-state index in [-0.39, 0.29) is 17.3 Å². The summed E-state index contributed by atoms with van der Waals surface area (Å²) < 4.78 is 8.42. The maximum Gasteiger partial charge on any atom is 0.319 e. The summed E-state index contributed by atoms with van der Waals surface area (Å²) in [5, 5.41) is 9.37. The van der Waals surface area contributed by atoms with Crippen molar-refractivity contribution in [3.8, 4) is 11.4 Å². The quantitative estimate of drug-likeness (QED) is 0.500. The molecule has 2 aromatic carbocycles. The minimum Gasteiger partial charge on any atom is -0.462 e. The Bertz CT molecular complexity index is 960. The zero-order chi connectivity index (χ0) is 19.5. The first-order valence-electron chi connectivity index (χ1n) is 9.20. The molecule has 2 atom stereocenters. The van der Waals surface area contributed by atoms with E-state index >= 15 is 0 Å². The molecule has 2 unspecified atom stereocenters. The molecule has 0 radical (unpaired) electrons. The standard InChI is InChI=1S/C21H20BrN3O2S/c1-14-13-18(20(26)27-14)28-21-24-23-19(16-7-9-17(22)10-8-16)25(21)12-11-15-5-3-2-4-6-15/h2-10,14,18H,11-13H2,1H3. The largest absolute Gasteiger partial charge is 0.462 e. The number of carbonyl (C=O) groups excluding carboxylic acids is 1. The van der Waals surface area contributed by atoms with Crippen molar-refractivity contribution >= 4 is 33.7 Å². The van der Waals surface area contributed by atoms with E-state index in [9.17, 15) is 4.79 Å². The Morgan fingerprint density at radius 1 is 1.14 bits per heavy atom. The fraction of sp³-hybridized carbons (Fsp3) is 0.286. The predicted octanol–water partition coefficient (Wildman–Crippen LogP) is 4.75. The summed E-state index contributed by atoms with van der Waals surface area (Å²) in [5.41, 5.74) is 2.25. The summed E-state index contributed by atoms with van der Waals surface area (Å²) in [6.45, 7) is 2.66. The van der Waals surface area contributed by atoms with E-state index in [2.05, 4.69) is 42.8 Å². The third kappa shape index (κ3) is 4.31. The first kappa shape index (κ1) is 19.2. The number of esters is 1. The lowest BCUT2D eigenvalue weighted by molar-refractivity contribution is -0.140. The van der Waals surface area contributed by atoms with Crippen LogP contribution in [0.25, 0.3) is 11.4 Å². The lowest BCUT2D eigenvalue weighted by Gasteiger charge is -2.12. The highest BCUT2D eigenvalue weighted by atomic mass is 79.9. The molecular formula is C21H20BrN3O2S. The van der Waals surface area contributed by atoms with Crippen molar-refractivity contribution < 1.29 is 9.53 Å². The van der Waals surface area contributed by atoms with E-state index in [0.29, 0.717) is 6.42 Å². The van der Waals surface area contributed by atoms with Gasteiger partial charge in [-0.1, -0.05) is 70.2 Å². The molecule has 1 saturated heterocycles. The van der Waals surface area contributed by atoms with Gasteiger partial charge in [0.2, 0.25) is 0 Å². The fourth-order valence-corrected chi connectivity index (χ4v) is 4.65. The van der Waals surface area contributed by atoms with E-state index < -0.39 is 0 Å². The molecule has 1 aliphatic heterocycles. The molecule has 0 aliphatic carbocycles. The SMILES string of the molecule is CC1CC(Sc2nnc(-c3ccc(Br)cc3)n2CCc2ccccc2)C(=O)O1. The number of rotatable bonds is 6. The maximum absolute atomic E-state index is 12.1. The summed E-state index contributed by atoms with van der Waals surface area (Å²) in [5.74, 6) is 0.644. The van der Waals surface area contributed by atoms with Crippen molar-refractivity contribution in [2.24, 2.45) is 0 Å². The summed E-state index contributed by atoms with van der Waals surface area (Å²) in [7, 11) is 0. The monoisotopic (exact) mass is 457 g/mol. The number of thioether (sulfide) groups is 1. The summed E-state index contributed by atoms with van der Waals surface area (Å²) in [4.78, 5) is 12.1. The smallest absolute Gasteiger partial charge is 0.319 e. The third-order valence-corrected chi connectivity index (χ3v) is 6.37. The Kier molecular flexibility index (Phi) is 5.82. The normalized spacial score (nSPS) is 19.0. The van der Waals surface area contributed by atoms with Crippen LogP contribution in [0.1, 0.15) is 18.9 Å². The van der Waals surface area contributed by atoms with Crippen molar-refractivity contribution in [3.05, 3.63) is 64.6 Å². The summed E-state index contributed by atoms with van der Waals surface area (Å²) >= 11 is 4.92. The summed E-state index contributed by atoms with van der Waals surface area (Å²) in [6, 6.07) is 18.4. The van der Waals surface area contributed by atoms with E-state index in [4.69, 9.17) is 4.74 Å². The van der Waals surface area contributed by atoms with Crippen LogP contribution in [-0.4, -0.2) is 32.1 Å². The van der Waals surface area contributed by atoms with Gasteiger partial charge in [-0.05, 0) is 31.0 Å². The molecule has 1 fully saturated rings. The van der Waals surface area contributed by atoms with Gasteiger partial charge in [-0.25, -0.2) is 0 Å². The second kappa shape index (κ2) is 8.49. The number of benzene rings is 2. The molecule has 4 rings (SSSR count). The van der Waals surface area contributed by atoms with Gasteiger partial charge in [-0.3, -0.25) is 4.79 Å². The number of carbonyl (C=O) groups is 1. The van der Waals surface area contributed by atoms with Crippen molar-refractivity contribution in [1.29, 1.82) is 0 Å². The van der Waals surface area contributed by atoms with Crippen LogP contribution in [0.15, 0.2) is 64.2 Å². The minimum absolute atomic E-state index is 0.0448. The maximum atomic E-state index is 12.1. The molecular weight excluding hydrogens is 438 g/mol. The van der Waals surface area contributed by atoms with Gasteiger partial charge in [0, 0.05) is 23.0 Å². The average molecular weight is 458 g/mol. The van der Waals surface area contributed by atoms with E-state index in [1.165, 1.54) is 17.3 Å². The van der Waals surface area contributed by atoms with E-state index in [1.807, 2.05) is 49.4 Å². The number of hydrogen-bond acceptors (Lipinski definition) is 5. The summed E-state index contributed by atoms with van der Waals surface area (Å²) in [6.07, 6.45) is 1.51. The molecule has 7 heteroatoms. The van der Waals surface area contributed by atoms with Crippen LogP contribution in [-0.2, 0) is 22.5 Å². The molecule has 1 aliphatic rings. The molecule has 0 spiro atoms. The molecule has 28 heavy (non-hydrogen) atoms. The number of halogens is 1. The molecule has 144 valence electrons. The number of hydrogen-bond donors (Lipinski definition) is 0. The van der Waals surface area contributed by atoms with Gasteiger partial charge in [0.25, 0.3) is 0 Å². The number of aryl methyl sites for hydroxylation is 1. The second-order valence-corrected chi connectivity index (χ2v) is 8.88. The van der Waals surface area contributed by atoms with Gasteiger partial charge in [-0.15, -0.1) is 10.2 Å². The van der Waals surface area contributed by atoms with Crippen molar-refractivity contribution in [1.82, 2.24) is 14.8 Å². The lowest BCUT2D eigenvalue weighted by Crippen LogP contribution is -2.12. The van der Waals surface area contributed by atoms with Gasteiger partial charge in [-0.2, -0.15) is 0 Å². The highest BCUT2D eigenvalue weighted by molar-refractivity contribution is 9.10. The molecule has 2 heterocycles. The Hall–Kier alpha value is -2.12. The minimum atomic E-state index is -0.229. The third-order valence-electron chi connectivity index (χ3n) is 4.66. The predicted molar refractivity (Wildman–Crippen MR) is 113 cm³/mol. The lowest BCUT2D eigenvalue weighted by atomic mass is 10.1. The van der Waals surface area contributed by atoms with Crippen molar-refractivity contribution in [3.63, 3.8) is 0 Å². The number of nitrogens with zero attached hydrogens (tertiary/aromatic N) is 3. The van der Waals surface area contributed by atoms with Crippen LogP contribution in [0, 0.1) is 0 Å². The first-order chi connectivity index (χ1) is 13.6. The second-order valence-electron chi connectivity index (χ2n) is 6.79. The van der Waals surface area contributed by atoms with Gasteiger partial charge < -0.3 is 9.30 Å². The van der Waals surface area contributed by atoms with E-state index in [1.54, 1.807) is 0 Å². The molecule has 5 nitrogen and oxygen atoms in total. The highest BCUT2D eigenvalue weighted by Crippen LogP contribution is 2.33. The molecule has 3 aromatic rings. The average Bonchev–Trinajstić information content (AvgIpc) is 3.24. The Labute approximate surface area is 176 Å². The first-order valence-corrected chi connectivity index (χ1v) is 10.9. The number of cyclic esters (lactones) is 1. The molecule has 0 saturated carbocycles. The highest BCUT2D eigenvalue weighted by Gasteiger charge is 2.34.